The summed E-state index contributed by atoms with van der Waals surface area (Å²) in [6.07, 6.45) is -5.41. The zero-order valence-corrected chi connectivity index (χ0v) is 9.22. The van der Waals surface area contributed by atoms with E-state index in [4.69, 9.17) is 10.5 Å². The van der Waals surface area contributed by atoms with Crippen LogP contribution in [0.15, 0.2) is 18.2 Å². The van der Waals surface area contributed by atoms with E-state index in [0.29, 0.717) is 5.56 Å². The molecule has 17 heavy (non-hydrogen) atoms. The van der Waals surface area contributed by atoms with Crippen LogP contribution in [0, 0.1) is 5.82 Å². The fourth-order valence-corrected chi connectivity index (χ4v) is 1.19. The molecule has 0 aliphatic heterocycles. The normalized spacial score (nSPS) is 13.5. The van der Waals surface area contributed by atoms with Gasteiger partial charge in [0.15, 0.2) is 11.6 Å². The summed E-state index contributed by atoms with van der Waals surface area (Å²) in [5, 5.41) is 0. The highest BCUT2D eigenvalue weighted by Gasteiger charge is 2.27. The zero-order valence-electron chi connectivity index (χ0n) is 9.22. The van der Waals surface area contributed by atoms with Gasteiger partial charge in [0.05, 0.1) is 13.0 Å². The van der Waals surface area contributed by atoms with Crippen LogP contribution in [0.4, 0.5) is 17.6 Å². The van der Waals surface area contributed by atoms with Crippen LogP contribution in [0.1, 0.15) is 24.9 Å². The van der Waals surface area contributed by atoms with Crippen molar-refractivity contribution in [3.8, 4) is 5.75 Å². The van der Waals surface area contributed by atoms with Crippen LogP contribution in [0.2, 0.25) is 0 Å². The lowest BCUT2D eigenvalue weighted by Crippen LogP contribution is -2.13. The third-order valence-corrected chi connectivity index (χ3v) is 2.12. The van der Waals surface area contributed by atoms with Crippen molar-refractivity contribution >= 4 is 0 Å². The van der Waals surface area contributed by atoms with Gasteiger partial charge in [-0.1, -0.05) is 6.07 Å². The van der Waals surface area contributed by atoms with Crippen LogP contribution in [-0.2, 0) is 0 Å². The molecule has 0 amide bonds. The Morgan fingerprint density at radius 3 is 2.47 bits per heavy atom. The second-order valence-electron chi connectivity index (χ2n) is 3.69. The largest absolute Gasteiger partial charge is 0.490 e. The summed E-state index contributed by atoms with van der Waals surface area (Å²) in [6, 6.07) is 3.63. The standard InChI is InChI=1S/C11H13F4NO/c1-7(16)8-2-3-10(9(12)6-8)17-5-4-11(13,14)15/h2-3,6-7H,4-5,16H2,1H3. The molecule has 0 fully saturated rings. The molecule has 1 aromatic carbocycles. The Kier molecular flexibility index (Phi) is 4.34. The fourth-order valence-electron chi connectivity index (χ4n) is 1.19. The predicted octanol–water partition coefficient (Wildman–Crippen LogP) is 3.18. The maximum Gasteiger partial charge on any atom is 0.392 e. The fraction of sp³-hybridized carbons (Fsp3) is 0.455. The lowest BCUT2D eigenvalue weighted by atomic mass is 10.1. The third-order valence-electron chi connectivity index (χ3n) is 2.12. The van der Waals surface area contributed by atoms with Gasteiger partial charge in [-0.15, -0.1) is 0 Å². The molecule has 1 atom stereocenters. The van der Waals surface area contributed by atoms with E-state index in [1.54, 1.807) is 6.92 Å². The van der Waals surface area contributed by atoms with E-state index in [1.807, 2.05) is 0 Å². The van der Waals surface area contributed by atoms with Gasteiger partial charge in [0, 0.05) is 6.04 Å². The summed E-state index contributed by atoms with van der Waals surface area (Å²) in [5.74, 6) is -0.902. The summed E-state index contributed by atoms with van der Waals surface area (Å²) < 4.78 is 53.6. The molecule has 0 saturated carbocycles. The van der Waals surface area contributed by atoms with Crippen molar-refractivity contribution in [2.24, 2.45) is 5.73 Å². The van der Waals surface area contributed by atoms with Gasteiger partial charge in [-0.25, -0.2) is 4.39 Å². The molecule has 0 heterocycles. The molecule has 6 heteroatoms. The molecule has 0 saturated heterocycles. The van der Waals surface area contributed by atoms with Crippen LogP contribution in [0.3, 0.4) is 0 Å². The van der Waals surface area contributed by atoms with Crippen molar-refractivity contribution in [3.63, 3.8) is 0 Å². The van der Waals surface area contributed by atoms with E-state index in [2.05, 4.69) is 0 Å². The molecule has 0 aromatic heterocycles. The molecule has 0 radical (unpaired) electrons. The maximum absolute atomic E-state index is 13.4. The Balaban J connectivity index is 2.61. The van der Waals surface area contributed by atoms with Crippen molar-refractivity contribution in [1.29, 1.82) is 0 Å². The minimum absolute atomic E-state index is 0.196. The molecular weight excluding hydrogens is 238 g/mol. The smallest absolute Gasteiger partial charge is 0.392 e. The number of alkyl halides is 3. The maximum atomic E-state index is 13.4. The average Bonchev–Trinajstić information content (AvgIpc) is 2.18. The lowest BCUT2D eigenvalue weighted by molar-refractivity contribution is -0.139. The highest BCUT2D eigenvalue weighted by molar-refractivity contribution is 5.30. The molecule has 0 aliphatic carbocycles. The average molecular weight is 251 g/mol. The molecule has 2 nitrogen and oxygen atoms in total. The van der Waals surface area contributed by atoms with E-state index in [0.717, 1.165) is 6.07 Å². The van der Waals surface area contributed by atoms with Crippen LogP contribution in [0.5, 0.6) is 5.75 Å². The summed E-state index contributed by atoms with van der Waals surface area (Å²) in [5.41, 5.74) is 6.09. The lowest BCUT2D eigenvalue weighted by Gasteiger charge is -2.11. The van der Waals surface area contributed by atoms with E-state index < -0.39 is 25.0 Å². The number of nitrogens with two attached hydrogens (primary N) is 1. The summed E-state index contributed by atoms with van der Waals surface area (Å²) in [7, 11) is 0. The van der Waals surface area contributed by atoms with Gasteiger partial charge in [-0.3, -0.25) is 0 Å². The second kappa shape index (κ2) is 5.35. The molecule has 96 valence electrons. The van der Waals surface area contributed by atoms with Crippen molar-refractivity contribution in [3.05, 3.63) is 29.6 Å². The first-order valence-electron chi connectivity index (χ1n) is 5.04. The minimum atomic E-state index is -4.30. The third kappa shape index (κ3) is 4.60. The molecule has 1 unspecified atom stereocenters. The monoisotopic (exact) mass is 251 g/mol. The Morgan fingerprint density at radius 2 is 2.00 bits per heavy atom. The first-order valence-corrected chi connectivity index (χ1v) is 5.04. The number of hydrogen-bond donors (Lipinski definition) is 1. The summed E-state index contributed by atoms with van der Waals surface area (Å²) >= 11 is 0. The van der Waals surface area contributed by atoms with E-state index in [-0.39, 0.29) is 11.8 Å². The molecule has 0 aliphatic rings. The SMILES string of the molecule is CC(N)c1ccc(OCCC(F)(F)F)c(F)c1. The van der Waals surface area contributed by atoms with E-state index in [1.165, 1.54) is 12.1 Å². The van der Waals surface area contributed by atoms with E-state index in [9.17, 15) is 17.6 Å². The number of hydrogen-bond acceptors (Lipinski definition) is 2. The van der Waals surface area contributed by atoms with Crippen LogP contribution < -0.4 is 10.5 Å². The van der Waals surface area contributed by atoms with Gasteiger partial charge in [0.25, 0.3) is 0 Å². The van der Waals surface area contributed by atoms with Crippen molar-refractivity contribution in [1.82, 2.24) is 0 Å². The van der Waals surface area contributed by atoms with Crippen molar-refractivity contribution in [2.75, 3.05) is 6.61 Å². The molecule has 0 spiro atoms. The number of benzene rings is 1. The first-order chi connectivity index (χ1) is 7.79. The Bertz CT molecular complexity index is 376. The molecule has 1 aromatic rings. The quantitative estimate of drug-likeness (QED) is 0.834. The Labute approximate surface area is 96.4 Å². The summed E-state index contributed by atoms with van der Waals surface area (Å²) in [4.78, 5) is 0. The van der Waals surface area contributed by atoms with Gasteiger partial charge in [0.1, 0.15) is 0 Å². The molecule has 2 N–H and O–H groups in total. The number of rotatable bonds is 4. The topological polar surface area (TPSA) is 35.2 Å². The zero-order chi connectivity index (χ0) is 13.1. The molecule has 0 bridgehead atoms. The van der Waals surface area contributed by atoms with E-state index >= 15 is 0 Å². The number of halogens is 4. The Hall–Kier alpha value is -1.30. The predicted molar refractivity (Wildman–Crippen MR) is 55.2 cm³/mol. The van der Waals surface area contributed by atoms with Crippen molar-refractivity contribution < 1.29 is 22.3 Å². The Morgan fingerprint density at radius 1 is 1.35 bits per heavy atom. The van der Waals surface area contributed by atoms with Gasteiger partial charge < -0.3 is 10.5 Å². The van der Waals surface area contributed by atoms with Crippen LogP contribution in [-0.4, -0.2) is 12.8 Å². The van der Waals surface area contributed by atoms with Crippen LogP contribution in [0.25, 0.3) is 0 Å². The highest BCUT2D eigenvalue weighted by atomic mass is 19.4. The summed E-state index contributed by atoms with van der Waals surface area (Å²) in [6.45, 7) is 1.08. The van der Waals surface area contributed by atoms with Crippen molar-refractivity contribution in [2.45, 2.75) is 25.6 Å². The van der Waals surface area contributed by atoms with Gasteiger partial charge in [-0.2, -0.15) is 13.2 Å². The second-order valence-corrected chi connectivity index (χ2v) is 3.69. The van der Waals surface area contributed by atoms with Crippen LogP contribution >= 0.6 is 0 Å². The first kappa shape index (κ1) is 13.8. The minimum Gasteiger partial charge on any atom is -0.490 e. The van der Waals surface area contributed by atoms with Gasteiger partial charge in [-0.05, 0) is 24.6 Å². The van der Waals surface area contributed by atoms with Gasteiger partial charge >= 0.3 is 6.18 Å². The molecule has 1 rings (SSSR count). The molecular formula is C11H13F4NO. The number of ether oxygens (including phenoxy) is 1. The van der Waals surface area contributed by atoms with Gasteiger partial charge in [0.2, 0.25) is 0 Å². The highest BCUT2D eigenvalue weighted by Crippen LogP contribution is 2.23.